The molecule has 12 nitrogen and oxygen atoms in total. The number of benzene rings is 5. The number of aromatic nitrogens is 1. The molecule has 5 aromatic carbocycles. The van der Waals surface area contributed by atoms with Crippen LogP contribution in [-0.4, -0.2) is 101 Å². The maximum absolute atomic E-state index is 14.3. The Morgan fingerprint density at radius 3 is 2.11 bits per heavy atom. The van der Waals surface area contributed by atoms with Gasteiger partial charge in [0.25, 0.3) is 19.9 Å². The van der Waals surface area contributed by atoms with Gasteiger partial charge in [0.05, 0.1) is 27.9 Å². The zero-order chi connectivity index (χ0) is 49.8. The molecule has 2 saturated heterocycles. The number of piperidine rings is 1. The van der Waals surface area contributed by atoms with Crippen LogP contribution in [0, 0.1) is 18.3 Å². The van der Waals surface area contributed by atoms with Gasteiger partial charge < -0.3 is 29.7 Å². The SMILES string of the molecule is Cc1c(C#N)c(-c2cccc(N3CCN(c4ccc(NS(=O)(=O)c5ccc(N[C@H](CCN6CCC(O)CC6)CSc6ccccc6)c(S(=O)(=O)C(F)(F)F)c5)cc4)CC3)c2)c(-c2ccc(Cl)cc2)n1C. The van der Waals surface area contributed by atoms with Crippen molar-refractivity contribution in [2.45, 2.75) is 58.5 Å². The summed E-state index contributed by atoms with van der Waals surface area (Å²) in [5.41, 5.74) is 0.983. The summed E-state index contributed by atoms with van der Waals surface area (Å²) in [7, 11) is -8.64. The monoisotopic (exact) mass is 1030 g/mol. The van der Waals surface area contributed by atoms with E-state index in [1.54, 1.807) is 24.3 Å². The maximum atomic E-state index is 14.3. The minimum absolute atomic E-state index is 0.135. The highest BCUT2D eigenvalue weighted by atomic mass is 35.5. The number of likely N-dealkylation sites (tertiary alicyclic amines) is 1. The number of piperazine rings is 1. The summed E-state index contributed by atoms with van der Waals surface area (Å²) in [5, 5.41) is 23.9. The van der Waals surface area contributed by atoms with Crippen LogP contribution in [0.5, 0.6) is 0 Å². The standard InChI is InChI=1S/C51H53ClF3N7O5S3/c1-35-46(33-56)49(50(59(35)2)36-11-13-38(52)14-12-36)37-7-6-8-42(31-37)62-29-27-61(28-30-62)41-17-15-39(16-18-41)58-70(66,67)45-19-20-47(48(32-45)69(64,65)51(53,54)55)57-40(34-68-44-9-4-3-5-10-44)21-24-60-25-22-43(63)23-26-60/h3-20,31-32,40,43,57-58,63H,21-30,34H2,1-2H3/t40-/m1/s1. The van der Waals surface area contributed by atoms with Crippen LogP contribution in [0.4, 0.5) is 35.9 Å². The van der Waals surface area contributed by atoms with E-state index in [-0.39, 0.29) is 17.5 Å². The number of anilines is 4. The Kier molecular flexibility index (Phi) is 15.5. The molecule has 6 aromatic rings. The molecule has 19 heteroatoms. The maximum Gasteiger partial charge on any atom is 0.501 e. The molecular formula is C51H53ClF3N7O5S3. The fraction of sp³-hybridized carbons (Fsp3) is 0.314. The molecule has 0 saturated carbocycles. The number of aliphatic hydroxyl groups excluding tert-OH is 1. The van der Waals surface area contributed by atoms with Crippen molar-refractivity contribution < 1.29 is 35.1 Å². The summed E-state index contributed by atoms with van der Waals surface area (Å²) in [5.74, 6) is 0.375. The molecule has 70 heavy (non-hydrogen) atoms. The number of sulfonamides is 1. The molecule has 368 valence electrons. The van der Waals surface area contributed by atoms with Gasteiger partial charge in [-0.15, -0.1) is 11.8 Å². The number of sulfone groups is 1. The van der Waals surface area contributed by atoms with Crippen molar-refractivity contribution in [3.63, 3.8) is 0 Å². The lowest BCUT2D eigenvalue weighted by atomic mass is 9.97. The molecule has 2 aliphatic heterocycles. The van der Waals surface area contributed by atoms with Crippen molar-refractivity contribution >= 4 is 66.0 Å². The molecule has 0 bridgehead atoms. The number of nitriles is 1. The Balaban J connectivity index is 0.956. The molecule has 2 fully saturated rings. The van der Waals surface area contributed by atoms with Crippen LogP contribution in [0.25, 0.3) is 22.4 Å². The summed E-state index contributed by atoms with van der Waals surface area (Å²) >= 11 is 7.67. The van der Waals surface area contributed by atoms with Gasteiger partial charge in [0.1, 0.15) is 11.0 Å². The van der Waals surface area contributed by atoms with Crippen molar-refractivity contribution in [2.75, 3.05) is 71.4 Å². The van der Waals surface area contributed by atoms with Gasteiger partial charge >= 0.3 is 5.51 Å². The Hall–Kier alpha value is -5.68. The summed E-state index contributed by atoms with van der Waals surface area (Å²) < 4.78 is 101. The number of thioether (sulfide) groups is 1. The highest BCUT2D eigenvalue weighted by Crippen LogP contribution is 2.41. The van der Waals surface area contributed by atoms with E-state index >= 15 is 0 Å². The van der Waals surface area contributed by atoms with Gasteiger partial charge in [0.15, 0.2) is 0 Å². The number of alkyl halides is 3. The quantitative estimate of drug-likeness (QED) is 0.0795. The van der Waals surface area contributed by atoms with Crippen molar-refractivity contribution in [1.29, 1.82) is 5.26 Å². The van der Waals surface area contributed by atoms with Crippen LogP contribution in [-0.2, 0) is 26.9 Å². The zero-order valence-corrected chi connectivity index (χ0v) is 41.7. The topological polar surface area (TPSA) is 151 Å². The van der Waals surface area contributed by atoms with Gasteiger partial charge in [0, 0.05) is 103 Å². The highest BCUT2D eigenvalue weighted by Gasteiger charge is 2.48. The lowest BCUT2D eigenvalue weighted by molar-refractivity contribution is -0.0435. The Morgan fingerprint density at radius 2 is 1.47 bits per heavy atom. The van der Waals surface area contributed by atoms with Crippen LogP contribution in [0.2, 0.25) is 5.02 Å². The zero-order valence-electron chi connectivity index (χ0n) is 38.5. The molecule has 0 unspecified atom stereocenters. The lowest BCUT2D eigenvalue weighted by Crippen LogP contribution is -2.46. The van der Waals surface area contributed by atoms with Crippen LogP contribution in [0.15, 0.2) is 136 Å². The fourth-order valence-corrected chi connectivity index (χ4v) is 12.2. The molecule has 0 amide bonds. The van der Waals surface area contributed by atoms with Crippen molar-refractivity contribution in [3.8, 4) is 28.5 Å². The van der Waals surface area contributed by atoms with Crippen LogP contribution < -0.4 is 19.8 Å². The second-order valence-electron chi connectivity index (χ2n) is 17.5. The predicted octanol–water partition coefficient (Wildman–Crippen LogP) is 10.0. The van der Waals surface area contributed by atoms with Crippen LogP contribution in [0.3, 0.4) is 0 Å². The van der Waals surface area contributed by atoms with Crippen molar-refractivity contribution in [2.24, 2.45) is 7.05 Å². The van der Waals surface area contributed by atoms with E-state index in [4.69, 9.17) is 11.6 Å². The largest absolute Gasteiger partial charge is 0.501 e. The van der Waals surface area contributed by atoms with Crippen molar-refractivity contribution in [3.05, 3.63) is 138 Å². The third-order valence-corrected chi connectivity index (χ3v) is 17.3. The molecular weight excluding hydrogens is 979 g/mol. The first-order valence-corrected chi connectivity index (χ1v) is 27.1. The first-order valence-electron chi connectivity index (χ1n) is 22.8. The van der Waals surface area contributed by atoms with Crippen LogP contribution in [0.1, 0.15) is 30.5 Å². The van der Waals surface area contributed by atoms with E-state index < -0.39 is 41.2 Å². The third-order valence-electron chi connectivity index (χ3n) is 12.9. The number of hydrogen-bond donors (Lipinski definition) is 3. The van der Waals surface area contributed by atoms with E-state index in [9.17, 15) is 40.4 Å². The van der Waals surface area contributed by atoms with Gasteiger partial charge in [-0.2, -0.15) is 18.4 Å². The number of nitrogens with zero attached hydrogens (tertiary/aromatic N) is 5. The molecule has 0 aliphatic carbocycles. The normalized spacial score (nSPS) is 15.7. The Bertz CT molecular complexity index is 3060. The van der Waals surface area contributed by atoms with Gasteiger partial charge in [0.2, 0.25) is 0 Å². The van der Waals surface area contributed by atoms with Gasteiger partial charge in [-0.25, -0.2) is 16.8 Å². The average molecular weight is 1030 g/mol. The Labute approximate surface area is 416 Å². The third kappa shape index (κ3) is 11.4. The van der Waals surface area contributed by atoms with Crippen molar-refractivity contribution in [1.82, 2.24) is 9.47 Å². The molecule has 0 radical (unpaired) electrons. The summed E-state index contributed by atoms with van der Waals surface area (Å²) in [6.07, 6.45) is 1.26. The first kappa shape index (κ1) is 50.7. The lowest BCUT2D eigenvalue weighted by Gasteiger charge is -2.37. The number of rotatable bonds is 16. The molecule has 0 spiro atoms. The average Bonchev–Trinajstić information content (AvgIpc) is 3.61. The van der Waals surface area contributed by atoms with E-state index in [1.165, 1.54) is 11.8 Å². The van der Waals surface area contributed by atoms with Crippen LogP contribution >= 0.6 is 23.4 Å². The van der Waals surface area contributed by atoms with E-state index in [0.29, 0.717) is 87.5 Å². The van der Waals surface area contributed by atoms with E-state index in [1.807, 2.05) is 91.3 Å². The molecule has 1 aromatic heterocycles. The number of hydrogen-bond acceptors (Lipinski definition) is 11. The number of aliphatic hydroxyl groups is 1. The molecule has 8 rings (SSSR count). The van der Waals surface area contributed by atoms with Gasteiger partial charge in [-0.1, -0.05) is 54.1 Å². The predicted molar refractivity (Wildman–Crippen MR) is 273 cm³/mol. The molecule has 3 N–H and O–H groups in total. The molecule has 3 heterocycles. The number of nitrogens with one attached hydrogen (secondary N) is 2. The second kappa shape index (κ2) is 21.4. The minimum Gasteiger partial charge on any atom is -0.393 e. The number of halogens is 4. The Morgan fingerprint density at radius 1 is 0.814 bits per heavy atom. The summed E-state index contributed by atoms with van der Waals surface area (Å²) in [4.78, 5) is 5.65. The minimum atomic E-state index is -6.01. The molecule has 2 aliphatic rings. The smallest absolute Gasteiger partial charge is 0.393 e. The van der Waals surface area contributed by atoms with Gasteiger partial charge in [-0.3, -0.25) is 4.72 Å². The first-order chi connectivity index (χ1) is 33.4. The molecule has 1 atom stereocenters. The highest BCUT2D eigenvalue weighted by molar-refractivity contribution is 7.99. The summed E-state index contributed by atoms with van der Waals surface area (Å²) in [6, 6.07) is 36.4. The van der Waals surface area contributed by atoms with Gasteiger partial charge in [-0.05, 0) is 116 Å². The summed E-state index contributed by atoms with van der Waals surface area (Å²) in [6.45, 7) is 6.42. The second-order valence-corrected chi connectivity index (χ2v) is 22.6. The fourth-order valence-electron chi connectivity index (χ4n) is 8.95. The van der Waals surface area contributed by atoms with E-state index in [0.717, 1.165) is 56.5 Å². The van der Waals surface area contributed by atoms with E-state index in [2.05, 4.69) is 36.9 Å².